The average Bonchev–Trinajstić information content (AvgIpc) is 1.35. The molecule has 0 aliphatic rings. The third kappa shape index (κ3) is 4.56. The summed E-state index contributed by atoms with van der Waals surface area (Å²) in [7, 11) is 0. The summed E-state index contributed by atoms with van der Waals surface area (Å²) in [5.41, 5.74) is 0. The normalized spacial score (nSPS) is 13.8. The summed E-state index contributed by atoms with van der Waals surface area (Å²) in [5.74, 6) is 0. The van der Waals surface area contributed by atoms with Crippen molar-refractivity contribution in [2.24, 2.45) is 0 Å². The van der Waals surface area contributed by atoms with Crippen LogP contribution in [0.5, 0.6) is 0 Å². The first-order valence-corrected chi connectivity index (χ1v) is 12.4. The molecule has 0 saturated heterocycles. The van der Waals surface area contributed by atoms with Crippen LogP contribution in [-0.2, 0) is 0 Å². The fraction of sp³-hybridized carbons (Fsp3) is 0.600. The zero-order chi connectivity index (χ0) is 5.21. The Kier molecular flexibility index (Phi) is 2.21. The van der Waals surface area contributed by atoms with Crippen molar-refractivity contribution in [2.75, 3.05) is 0 Å². The van der Waals surface area contributed by atoms with Crippen LogP contribution < -0.4 is 0 Å². The molecule has 38 valence electrons. The molecule has 1 heteroatoms. The van der Waals surface area contributed by atoms with E-state index in [0.717, 1.165) is 0 Å². The van der Waals surface area contributed by atoms with Crippen molar-refractivity contribution in [1.29, 1.82) is 0 Å². The molecule has 0 radical (unpaired) electrons. The molecular weight excluding hydrogens is 182 g/mol. The molecule has 0 aliphatic carbocycles. The van der Waals surface area contributed by atoms with Gasteiger partial charge in [0, 0.05) is 0 Å². The van der Waals surface area contributed by atoms with Gasteiger partial charge in [0.05, 0.1) is 0 Å². The molecule has 0 aliphatic heterocycles. The molecule has 6 heavy (non-hydrogen) atoms. The quantitative estimate of drug-likeness (QED) is 0.559. The second-order valence-electron chi connectivity index (χ2n) is 2.57. The molecule has 0 amide bonds. The number of rotatable bonds is 1. The molecule has 0 unspecified atom stereocenters. The SMILES string of the molecule is C=[CH][SbH]([CH3])([CH3])[CH3]. The van der Waals surface area contributed by atoms with E-state index in [-0.39, 0.29) is 0 Å². The third-order valence-electron chi connectivity index (χ3n) is 0.612. The molecule has 0 bridgehead atoms. The molecule has 0 aromatic carbocycles. The van der Waals surface area contributed by atoms with Gasteiger partial charge < -0.3 is 0 Å². The van der Waals surface area contributed by atoms with Gasteiger partial charge in [0.2, 0.25) is 0 Å². The predicted molar refractivity (Wildman–Crippen MR) is 34.9 cm³/mol. The molecule has 0 heterocycles. The third-order valence-corrected chi connectivity index (χ3v) is 4.11. The molecular formula is C5H13Sb. The van der Waals surface area contributed by atoms with Crippen molar-refractivity contribution >= 4 is 18.8 Å². The van der Waals surface area contributed by atoms with Crippen molar-refractivity contribution in [2.45, 2.75) is 14.6 Å². The minimum absolute atomic E-state index is 1.47. The van der Waals surface area contributed by atoms with E-state index in [1.807, 2.05) is 0 Å². The van der Waals surface area contributed by atoms with Gasteiger partial charge in [0.15, 0.2) is 0 Å². The Morgan fingerprint density at radius 2 is 1.50 bits per heavy atom. The van der Waals surface area contributed by atoms with E-state index in [4.69, 9.17) is 0 Å². The van der Waals surface area contributed by atoms with Gasteiger partial charge in [-0.25, -0.2) is 0 Å². The first-order valence-electron chi connectivity index (χ1n) is 2.20. The summed E-state index contributed by atoms with van der Waals surface area (Å²) in [6.07, 6.45) is 0. The summed E-state index contributed by atoms with van der Waals surface area (Å²) in [4.78, 5) is 7.00. The van der Waals surface area contributed by atoms with Gasteiger partial charge in [-0.1, -0.05) is 0 Å². The standard InChI is InChI=1S/C2H3.3CH3.Sb.H/c1-2;;;;;/h1H,2H2;3*1H3;;. The van der Waals surface area contributed by atoms with Crippen LogP contribution in [0.2, 0.25) is 14.6 Å². The van der Waals surface area contributed by atoms with E-state index in [9.17, 15) is 0 Å². The Morgan fingerprint density at radius 1 is 1.33 bits per heavy atom. The maximum atomic E-state index is 3.73. The van der Waals surface area contributed by atoms with Crippen molar-refractivity contribution < 1.29 is 0 Å². The molecule has 0 aromatic rings. The van der Waals surface area contributed by atoms with Crippen LogP contribution in [0.4, 0.5) is 0 Å². The van der Waals surface area contributed by atoms with Crippen molar-refractivity contribution in [3.8, 4) is 0 Å². The number of hydrogen-bond acceptors (Lipinski definition) is 0. The zero-order valence-electron chi connectivity index (χ0n) is 4.78. The Hall–Kier alpha value is 0.558. The molecule has 0 saturated carbocycles. The van der Waals surface area contributed by atoms with Crippen LogP contribution in [0, 0.1) is 0 Å². The molecule has 0 atom stereocenters. The maximum absolute atomic E-state index is 3.73. The topological polar surface area (TPSA) is 0 Å². The van der Waals surface area contributed by atoms with E-state index >= 15 is 0 Å². The number of hydrogen-bond donors (Lipinski definition) is 0. The second kappa shape index (κ2) is 2.02. The van der Waals surface area contributed by atoms with Gasteiger partial charge in [-0.15, -0.1) is 0 Å². The van der Waals surface area contributed by atoms with Gasteiger partial charge in [0.25, 0.3) is 0 Å². The monoisotopic (exact) mass is 194 g/mol. The van der Waals surface area contributed by atoms with Crippen LogP contribution in [-0.4, -0.2) is 18.8 Å². The fourth-order valence-electron chi connectivity index (χ4n) is 0. The van der Waals surface area contributed by atoms with Gasteiger partial charge in [-0.2, -0.15) is 0 Å². The van der Waals surface area contributed by atoms with Crippen LogP contribution in [0.3, 0.4) is 0 Å². The van der Waals surface area contributed by atoms with Gasteiger partial charge in [-0.3, -0.25) is 0 Å². The van der Waals surface area contributed by atoms with Gasteiger partial charge >= 0.3 is 44.0 Å². The summed E-state index contributed by atoms with van der Waals surface area (Å²) in [5, 5.41) is 0. The van der Waals surface area contributed by atoms with Gasteiger partial charge in [0.1, 0.15) is 0 Å². The Morgan fingerprint density at radius 3 is 1.50 bits per heavy atom. The predicted octanol–water partition coefficient (Wildman–Crippen LogP) is 1.78. The first-order chi connectivity index (χ1) is 2.56. The zero-order valence-corrected chi connectivity index (χ0v) is 7.64. The molecule has 0 spiro atoms. The summed E-state index contributed by atoms with van der Waals surface area (Å²) in [6, 6.07) is 0. The van der Waals surface area contributed by atoms with Crippen molar-refractivity contribution in [3.63, 3.8) is 0 Å². The van der Waals surface area contributed by atoms with Crippen LogP contribution in [0.15, 0.2) is 10.6 Å². The molecule has 0 rings (SSSR count). The van der Waals surface area contributed by atoms with Crippen molar-refractivity contribution in [3.05, 3.63) is 10.6 Å². The van der Waals surface area contributed by atoms with Crippen molar-refractivity contribution in [1.82, 2.24) is 0 Å². The molecule has 0 N–H and O–H groups in total. The second-order valence-corrected chi connectivity index (χ2v) is 17.2. The fourth-order valence-corrected chi connectivity index (χ4v) is 0. The average molecular weight is 195 g/mol. The first kappa shape index (κ1) is 6.56. The Balaban J connectivity index is 3.45. The minimum atomic E-state index is -1.47. The summed E-state index contributed by atoms with van der Waals surface area (Å²) in [6.45, 7) is 3.73. The van der Waals surface area contributed by atoms with E-state index < -0.39 is 18.8 Å². The van der Waals surface area contributed by atoms with E-state index in [0.29, 0.717) is 0 Å². The molecule has 0 aromatic heterocycles. The van der Waals surface area contributed by atoms with Crippen LogP contribution >= 0.6 is 0 Å². The van der Waals surface area contributed by atoms with E-state index in [2.05, 4.69) is 25.2 Å². The summed E-state index contributed by atoms with van der Waals surface area (Å²) < 4.78 is 2.15. The van der Waals surface area contributed by atoms with Gasteiger partial charge in [-0.05, 0) is 0 Å². The van der Waals surface area contributed by atoms with E-state index in [1.165, 1.54) is 0 Å². The summed E-state index contributed by atoms with van der Waals surface area (Å²) >= 11 is -1.47. The Labute approximate surface area is 44.2 Å². The molecule has 0 fully saturated rings. The van der Waals surface area contributed by atoms with Crippen LogP contribution in [0.25, 0.3) is 0 Å². The van der Waals surface area contributed by atoms with Crippen LogP contribution in [0.1, 0.15) is 0 Å². The van der Waals surface area contributed by atoms with E-state index in [1.54, 1.807) is 0 Å². The molecule has 0 nitrogen and oxygen atoms in total. The Bertz CT molecular complexity index is 49.4.